The predicted molar refractivity (Wildman–Crippen MR) is 82.4 cm³/mol. The van der Waals surface area contributed by atoms with Gasteiger partial charge in [0.25, 0.3) is 0 Å². The van der Waals surface area contributed by atoms with Gasteiger partial charge in [0, 0.05) is 0 Å². The van der Waals surface area contributed by atoms with Crippen LogP contribution in [0, 0.1) is 11.3 Å². The lowest BCUT2D eigenvalue weighted by Gasteiger charge is -2.23. The highest BCUT2D eigenvalue weighted by Gasteiger charge is 2.23. The highest BCUT2D eigenvalue weighted by atomic mass is 16.4. The van der Waals surface area contributed by atoms with Crippen molar-refractivity contribution in [3.8, 4) is 0 Å². The zero-order chi connectivity index (χ0) is 14.7. The molecule has 0 fully saturated rings. The van der Waals surface area contributed by atoms with Crippen LogP contribution in [0.3, 0.4) is 0 Å². The van der Waals surface area contributed by atoms with Crippen LogP contribution in [-0.2, 0) is 4.79 Å². The van der Waals surface area contributed by atoms with E-state index in [4.69, 9.17) is 0 Å². The van der Waals surface area contributed by atoms with Gasteiger partial charge in [-0.15, -0.1) is 0 Å². The van der Waals surface area contributed by atoms with Crippen LogP contribution in [0.5, 0.6) is 0 Å². The Hall–Kier alpha value is -0.530. The minimum atomic E-state index is -0.613. The lowest BCUT2D eigenvalue weighted by molar-refractivity contribution is -0.143. The molecule has 0 spiro atoms. The molecule has 0 amide bonds. The Labute approximate surface area is 120 Å². The predicted octanol–water partition coefficient (Wildman–Crippen LogP) is 5.65. The van der Waals surface area contributed by atoms with E-state index < -0.39 is 5.97 Å². The molecular weight excluding hydrogens is 236 g/mol. The highest BCUT2D eigenvalue weighted by Crippen LogP contribution is 2.28. The van der Waals surface area contributed by atoms with Crippen LogP contribution < -0.4 is 0 Å². The number of unbranched alkanes of at least 4 members (excludes halogenated alkanes) is 7. The van der Waals surface area contributed by atoms with E-state index >= 15 is 0 Å². The molecule has 0 aliphatic heterocycles. The van der Waals surface area contributed by atoms with E-state index in [0.29, 0.717) is 0 Å². The second-order valence-corrected chi connectivity index (χ2v) is 7.06. The summed E-state index contributed by atoms with van der Waals surface area (Å²) in [6.45, 7) is 8.60. The topological polar surface area (TPSA) is 37.3 Å². The average Bonchev–Trinajstić information content (AvgIpc) is 2.29. The fourth-order valence-corrected chi connectivity index (χ4v) is 2.58. The molecule has 19 heavy (non-hydrogen) atoms. The quantitative estimate of drug-likeness (QED) is 0.492. The Bertz CT molecular complexity index is 228. The molecular formula is C17H34O2. The number of carbonyl (C=O) groups is 1. The molecule has 1 unspecified atom stereocenters. The monoisotopic (exact) mass is 270 g/mol. The average molecular weight is 270 g/mol. The summed E-state index contributed by atoms with van der Waals surface area (Å²) in [7, 11) is 0. The molecule has 114 valence electrons. The zero-order valence-electron chi connectivity index (χ0n) is 13.5. The van der Waals surface area contributed by atoms with Gasteiger partial charge in [0.1, 0.15) is 0 Å². The van der Waals surface area contributed by atoms with Crippen LogP contribution in [0.4, 0.5) is 0 Å². The summed E-state index contributed by atoms with van der Waals surface area (Å²) >= 11 is 0. The van der Waals surface area contributed by atoms with E-state index in [0.717, 1.165) is 19.3 Å². The molecule has 0 aromatic heterocycles. The molecule has 0 rings (SSSR count). The van der Waals surface area contributed by atoms with Crippen molar-refractivity contribution in [1.29, 1.82) is 0 Å². The normalized spacial score (nSPS) is 13.5. The molecule has 0 aliphatic rings. The van der Waals surface area contributed by atoms with Crippen LogP contribution in [0.15, 0.2) is 0 Å². The van der Waals surface area contributed by atoms with Gasteiger partial charge in [-0.2, -0.15) is 0 Å². The fourth-order valence-electron chi connectivity index (χ4n) is 2.58. The summed E-state index contributed by atoms with van der Waals surface area (Å²) in [6.07, 6.45) is 11.8. The third kappa shape index (κ3) is 12.3. The Morgan fingerprint density at radius 2 is 1.42 bits per heavy atom. The number of hydrogen-bond acceptors (Lipinski definition) is 1. The van der Waals surface area contributed by atoms with Crippen LogP contribution in [0.2, 0.25) is 0 Å². The number of aliphatic carboxylic acids is 1. The lowest BCUT2D eigenvalue weighted by Crippen LogP contribution is -2.20. The van der Waals surface area contributed by atoms with E-state index in [2.05, 4.69) is 27.7 Å². The van der Waals surface area contributed by atoms with E-state index in [1.165, 1.54) is 44.9 Å². The van der Waals surface area contributed by atoms with Crippen molar-refractivity contribution in [2.24, 2.45) is 11.3 Å². The maximum absolute atomic E-state index is 11.2. The van der Waals surface area contributed by atoms with E-state index in [9.17, 15) is 9.90 Å². The largest absolute Gasteiger partial charge is 0.481 e. The molecule has 0 aromatic carbocycles. The number of carboxylic acids is 1. The van der Waals surface area contributed by atoms with Crippen LogP contribution >= 0.6 is 0 Å². The summed E-state index contributed by atoms with van der Waals surface area (Å²) in [5, 5.41) is 9.24. The minimum Gasteiger partial charge on any atom is -0.481 e. The molecule has 0 aliphatic carbocycles. The number of carboxylic acid groups (broad SMARTS) is 1. The Morgan fingerprint density at radius 1 is 0.947 bits per heavy atom. The van der Waals surface area contributed by atoms with Gasteiger partial charge in [0.2, 0.25) is 0 Å². The molecule has 0 heterocycles. The maximum Gasteiger partial charge on any atom is 0.306 e. The first kappa shape index (κ1) is 18.5. The van der Waals surface area contributed by atoms with Crippen molar-refractivity contribution in [2.45, 2.75) is 91.9 Å². The first-order valence-corrected chi connectivity index (χ1v) is 8.09. The zero-order valence-corrected chi connectivity index (χ0v) is 13.5. The molecule has 1 atom stereocenters. The van der Waals surface area contributed by atoms with Crippen molar-refractivity contribution in [3.63, 3.8) is 0 Å². The van der Waals surface area contributed by atoms with Gasteiger partial charge < -0.3 is 5.11 Å². The van der Waals surface area contributed by atoms with Crippen molar-refractivity contribution in [3.05, 3.63) is 0 Å². The smallest absolute Gasteiger partial charge is 0.306 e. The molecule has 0 saturated heterocycles. The van der Waals surface area contributed by atoms with Crippen molar-refractivity contribution in [2.75, 3.05) is 0 Å². The van der Waals surface area contributed by atoms with E-state index in [1.54, 1.807) is 0 Å². The Morgan fingerprint density at radius 3 is 1.84 bits per heavy atom. The Kier molecular flexibility index (Phi) is 9.99. The number of rotatable bonds is 11. The van der Waals surface area contributed by atoms with Gasteiger partial charge in [-0.25, -0.2) is 0 Å². The summed E-state index contributed by atoms with van der Waals surface area (Å²) in [5.74, 6) is -0.766. The van der Waals surface area contributed by atoms with Crippen molar-refractivity contribution < 1.29 is 9.90 Å². The molecule has 0 aromatic rings. The van der Waals surface area contributed by atoms with Gasteiger partial charge in [-0.05, 0) is 18.3 Å². The third-order valence-electron chi connectivity index (χ3n) is 3.61. The maximum atomic E-state index is 11.2. The minimum absolute atomic E-state index is 0.114. The first-order chi connectivity index (χ1) is 8.87. The molecule has 0 saturated carbocycles. The SMILES string of the molecule is CCCCCCCCCCC(CC(C)(C)C)C(=O)O. The van der Waals surface area contributed by atoms with Gasteiger partial charge in [-0.1, -0.05) is 79.1 Å². The molecule has 0 bridgehead atoms. The second kappa shape index (κ2) is 10.3. The highest BCUT2D eigenvalue weighted by molar-refractivity contribution is 5.69. The molecule has 0 radical (unpaired) electrons. The fraction of sp³-hybridized carbons (Fsp3) is 0.941. The first-order valence-electron chi connectivity index (χ1n) is 8.09. The van der Waals surface area contributed by atoms with Gasteiger partial charge in [0.05, 0.1) is 5.92 Å². The van der Waals surface area contributed by atoms with E-state index in [-0.39, 0.29) is 11.3 Å². The third-order valence-corrected chi connectivity index (χ3v) is 3.61. The standard InChI is InChI=1S/C17H34O2/c1-5-6-7-8-9-10-11-12-13-15(16(18)19)14-17(2,3)4/h15H,5-14H2,1-4H3,(H,18,19). The summed E-state index contributed by atoms with van der Waals surface area (Å²) in [4.78, 5) is 11.2. The Balaban J connectivity index is 3.63. The van der Waals surface area contributed by atoms with Crippen LogP contribution in [-0.4, -0.2) is 11.1 Å². The second-order valence-electron chi connectivity index (χ2n) is 7.06. The van der Waals surface area contributed by atoms with Crippen LogP contribution in [0.25, 0.3) is 0 Å². The summed E-state index contributed by atoms with van der Waals surface area (Å²) < 4.78 is 0. The van der Waals surface area contributed by atoms with E-state index in [1.807, 2.05) is 0 Å². The summed E-state index contributed by atoms with van der Waals surface area (Å²) in [6, 6.07) is 0. The van der Waals surface area contributed by atoms with Crippen molar-refractivity contribution in [1.82, 2.24) is 0 Å². The lowest BCUT2D eigenvalue weighted by atomic mass is 9.82. The number of hydrogen-bond donors (Lipinski definition) is 1. The molecule has 2 nitrogen and oxygen atoms in total. The molecule has 2 heteroatoms. The van der Waals surface area contributed by atoms with Gasteiger partial charge >= 0.3 is 5.97 Å². The molecule has 1 N–H and O–H groups in total. The summed E-state index contributed by atoms with van der Waals surface area (Å²) in [5.41, 5.74) is 0.114. The van der Waals surface area contributed by atoms with Gasteiger partial charge in [-0.3, -0.25) is 4.79 Å². The van der Waals surface area contributed by atoms with Crippen LogP contribution in [0.1, 0.15) is 91.9 Å². The van der Waals surface area contributed by atoms with Gasteiger partial charge in [0.15, 0.2) is 0 Å². The van der Waals surface area contributed by atoms with Crippen molar-refractivity contribution >= 4 is 5.97 Å².